The fourth-order valence-electron chi connectivity index (χ4n) is 4.56. The summed E-state index contributed by atoms with van der Waals surface area (Å²) in [6.07, 6.45) is -8.56. The molecule has 0 atom stereocenters. The van der Waals surface area contributed by atoms with Gasteiger partial charge in [0.25, 0.3) is 0 Å². The van der Waals surface area contributed by atoms with Crippen molar-refractivity contribution >= 4 is 10.8 Å². The maximum Gasteiger partial charge on any atom is 0.426 e. The minimum absolute atomic E-state index is 0.186. The first-order valence-electron chi connectivity index (χ1n) is 10.8. The monoisotopic (exact) mass is 488 g/mol. The number of hydrogen-bond acceptors (Lipinski definition) is 1. The van der Waals surface area contributed by atoms with Gasteiger partial charge in [0, 0.05) is 0 Å². The Morgan fingerprint density at radius 2 is 1.31 bits per heavy atom. The second-order valence-corrected chi connectivity index (χ2v) is 8.71. The highest BCUT2D eigenvalue weighted by atomic mass is 19.4. The van der Waals surface area contributed by atoms with Crippen molar-refractivity contribution in [3.05, 3.63) is 99.9 Å². The lowest BCUT2D eigenvalue weighted by Crippen LogP contribution is -2.21. The maximum absolute atomic E-state index is 14.9. The fourth-order valence-corrected chi connectivity index (χ4v) is 4.56. The van der Waals surface area contributed by atoms with Crippen LogP contribution in [0.1, 0.15) is 33.4 Å². The van der Waals surface area contributed by atoms with E-state index in [1.807, 2.05) is 32.9 Å². The van der Waals surface area contributed by atoms with Gasteiger partial charge >= 0.3 is 12.3 Å². The SMILES string of the molecule is Cc1cc(C)c(-c2ccc(C(F)(F)Oc3ccc4c(C(F)(F)F)c(C)c(F)cc4c3)cc2)c(C)c1. The highest BCUT2D eigenvalue weighted by Crippen LogP contribution is 2.41. The van der Waals surface area contributed by atoms with Gasteiger partial charge < -0.3 is 4.74 Å². The molecule has 0 fully saturated rings. The molecule has 4 aromatic rings. The van der Waals surface area contributed by atoms with Gasteiger partial charge in [-0.3, -0.25) is 0 Å². The molecule has 35 heavy (non-hydrogen) atoms. The van der Waals surface area contributed by atoms with E-state index in [0.29, 0.717) is 0 Å². The quantitative estimate of drug-likeness (QED) is 0.261. The van der Waals surface area contributed by atoms with Gasteiger partial charge in [0.2, 0.25) is 0 Å². The van der Waals surface area contributed by atoms with E-state index < -0.39 is 34.8 Å². The largest absolute Gasteiger partial charge is 0.429 e. The summed E-state index contributed by atoms with van der Waals surface area (Å²) < 4.78 is 89.2. The molecule has 0 aliphatic rings. The summed E-state index contributed by atoms with van der Waals surface area (Å²) in [5, 5.41) is -0.477. The van der Waals surface area contributed by atoms with Crippen molar-refractivity contribution in [2.45, 2.75) is 40.0 Å². The average molecular weight is 488 g/mol. The van der Waals surface area contributed by atoms with Crippen LogP contribution in [0.3, 0.4) is 0 Å². The summed E-state index contributed by atoms with van der Waals surface area (Å²) in [5.74, 6) is -1.46. The molecule has 1 nitrogen and oxygen atoms in total. The lowest BCUT2D eigenvalue weighted by molar-refractivity contribution is -0.185. The number of hydrogen-bond donors (Lipinski definition) is 0. The van der Waals surface area contributed by atoms with Crippen LogP contribution >= 0.6 is 0 Å². The number of halogens is 6. The van der Waals surface area contributed by atoms with Gasteiger partial charge in [0.15, 0.2) is 0 Å². The second kappa shape index (κ2) is 8.63. The molecule has 0 radical (unpaired) electrons. The molecule has 7 heteroatoms. The van der Waals surface area contributed by atoms with Crippen LogP contribution in [0.2, 0.25) is 0 Å². The molecule has 0 heterocycles. The van der Waals surface area contributed by atoms with Crippen LogP contribution in [-0.4, -0.2) is 0 Å². The van der Waals surface area contributed by atoms with Crippen molar-refractivity contribution in [3.63, 3.8) is 0 Å². The van der Waals surface area contributed by atoms with Gasteiger partial charge in [-0.1, -0.05) is 35.9 Å². The van der Waals surface area contributed by atoms with E-state index in [1.165, 1.54) is 12.1 Å². The smallest absolute Gasteiger partial charge is 0.426 e. The fraction of sp³-hybridized carbons (Fsp3) is 0.214. The van der Waals surface area contributed by atoms with Crippen molar-refractivity contribution in [1.82, 2.24) is 0 Å². The zero-order valence-corrected chi connectivity index (χ0v) is 19.4. The predicted molar refractivity (Wildman–Crippen MR) is 124 cm³/mol. The number of rotatable bonds is 4. The Labute approximate surface area is 199 Å². The first-order valence-corrected chi connectivity index (χ1v) is 10.8. The number of benzene rings is 4. The standard InChI is InChI=1S/C28H22F6O/c1-15-11-16(2)25(17(3)12-15)19-5-7-21(8-6-19)28(33,34)35-22-9-10-23-20(13-22)14-24(29)18(4)26(23)27(30,31)32/h5-14H,1-4H3. The molecule has 0 saturated heterocycles. The number of fused-ring (bicyclic) bond motifs is 1. The van der Waals surface area contributed by atoms with Crippen molar-refractivity contribution in [1.29, 1.82) is 0 Å². The summed E-state index contributed by atoms with van der Waals surface area (Å²) in [6.45, 7) is 6.92. The third kappa shape index (κ3) is 4.72. The Morgan fingerprint density at radius 1 is 0.714 bits per heavy atom. The van der Waals surface area contributed by atoms with Gasteiger partial charge in [0.05, 0.1) is 11.1 Å². The molecule has 182 valence electrons. The minimum Gasteiger partial charge on any atom is -0.429 e. The first-order chi connectivity index (χ1) is 16.3. The molecule has 4 aromatic carbocycles. The molecule has 0 amide bonds. The average Bonchev–Trinajstić information content (AvgIpc) is 2.73. The van der Waals surface area contributed by atoms with Crippen LogP contribution in [0.4, 0.5) is 26.3 Å². The van der Waals surface area contributed by atoms with Crippen LogP contribution in [0.15, 0.2) is 60.7 Å². The number of aryl methyl sites for hydroxylation is 3. The first kappa shape index (κ1) is 24.6. The van der Waals surface area contributed by atoms with Crippen molar-refractivity contribution in [2.75, 3.05) is 0 Å². The molecule has 0 saturated carbocycles. The molecule has 4 rings (SSSR count). The van der Waals surface area contributed by atoms with E-state index in [-0.39, 0.29) is 16.5 Å². The second-order valence-electron chi connectivity index (χ2n) is 8.71. The van der Waals surface area contributed by atoms with Gasteiger partial charge in [-0.05, 0) is 96.6 Å². The number of alkyl halides is 5. The predicted octanol–water partition coefficient (Wildman–Crippen LogP) is 9.03. The zero-order chi connectivity index (χ0) is 25.7. The Hall–Kier alpha value is -3.48. The summed E-state index contributed by atoms with van der Waals surface area (Å²) in [5.41, 5.74) is 2.77. The van der Waals surface area contributed by atoms with Crippen molar-refractivity contribution < 1.29 is 31.1 Å². The molecule has 0 spiro atoms. The van der Waals surface area contributed by atoms with Crippen LogP contribution in [0.5, 0.6) is 5.75 Å². The topological polar surface area (TPSA) is 9.23 Å². The van der Waals surface area contributed by atoms with E-state index in [4.69, 9.17) is 4.74 Å². The molecule has 0 unspecified atom stereocenters. The number of ether oxygens (including phenoxy) is 1. The molecular formula is C28H22F6O. The highest BCUT2D eigenvalue weighted by Gasteiger charge is 2.37. The maximum atomic E-state index is 14.9. The minimum atomic E-state index is -4.80. The molecule has 0 aliphatic heterocycles. The zero-order valence-electron chi connectivity index (χ0n) is 19.4. The normalized spacial score (nSPS) is 12.3. The third-order valence-electron chi connectivity index (χ3n) is 6.02. The van der Waals surface area contributed by atoms with Gasteiger partial charge in [-0.15, -0.1) is 0 Å². The van der Waals surface area contributed by atoms with E-state index in [0.717, 1.165) is 59.0 Å². The molecule has 0 N–H and O–H groups in total. The van der Waals surface area contributed by atoms with E-state index in [1.54, 1.807) is 12.1 Å². The van der Waals surface area contributed by atoms with Gasteiger partial charge in [0.1, 0.15) is 11.6 Å². The third-order valence-corrected chi connectivity index (χ3v) is 6.02. The van der Waals surface area contributed by atoms with E-state index in [2.05, 4.69) is 0 Å². The van der Waals surface area contributed by atoms with Crippen LogP contribution < -0.4 is 4.74 Å². The van der Waals surface area contributed by atoms with Crippen LogP contribution in [-0.2, 0) is 12.3 Å². The van der Waals surface area contributed by atoms with Gasteiger partial charge in [-0.2, -0.15) is 22.0 Å². The Morgan fingerprint density at radius 3 is 1.89 bits per heavy atom. The lowest BCUT2D eigenvalue weighted by atomic mass is 9.93. The lowest BCUT2D eigenvalue weighted by Gasteiger charge is -2.20. The Bertz CT molecular complexity index is 1400. The highest BCUT2D eigenvalue weighted by molar-refractivity contribution is 5.88. The Kier molecular flexibility index (Phi) is 6.07. The summed E-state index contributed by atoms with van der Waals surface area (Å²) in [4.78, 5) is 0. The van der Waals surface area contributed by atoms with E-state index in [9.17, 15) is 26.3 Å². The molecular weight excluding hydrogens is 466 g/mol. The molecule has 0 bridgehead atoms. The van der Waals surface area contributed by atoms with Crippen LogP contribution in [0.25, 0.3) is 21.9 Å². The molecule has 0 aliphatic carbocycles. The molecule has 0 aromatic heterocycles. The summed E-state index contributed by atoms with van der Waals surface area (Å²) >= 11 is 0. The van der Waals surface area contributed by atoms with Gasteiger partial charge in [-0.25, -0.2) is 4.39 Å². The van der Waals surface area contributed by atoms with E-state index >= 15 is 0 Å². The Balaban J connectivity index is 1.66. The van der Waals surface area contributed by atoms with Crippen molar-refractivity contribution in [2.24, 2.45) is 0 Å². The summed E-state index contributed by atoms with van der Waals surface area (Å²) in [7, 11) is 0. The van der Waals surface area contributed by atoms with Crippen molar-refractivity contribution in [3.8, 4) is 16.9 Å². The van der Waals surface area contributed by atoms with Crippen LogP contribution in [0, 0.1) is 33.5 Å². The summed E-state index contributed by atoms with van der Waals surface area (Å²) in [6, 6.07) is 13.6.